The number of carbonyl (C=O) groups excluding carboxylic acids is 1. The van der Waals surface area contributed by atoms with Gasteiger partial charge in [0.1, 0.15) is 17.6 Å². The van der Waals surface area contributed by atoms with Crippen LogP contribution in [0.4, 0.5) is 9.18 Å². The zero-order valence-electron chi connectivity index (χ0n) is 14.9. The van der Waals surface area contributed by atoms with Gasteiger partial charge in [0, 0.05) is 23.9 Å². The first-order valence-electron chi connectivity index (χ1n) is 8.05. The van der Waals surface area contributed by atoms with Gasteiger partial charge in [-0.15, -0.1) is 0 Å². The van der Waals surface area contributed by atoms with Gasteiger partial charge >= 0.3 is 6.09 Å². The maximum atomic E-state index is 13.1. The molecule has 8 heteroatoms. The molecule has 2 rings (SSSR count). The molecule has 1 amide bonds. The fourth-order valence-corrected chi connectivity index (χ4v) is 2.25. The monoisotopic (exact) mass is 362 g/mol. The Morgan fingerprint density at radius 3 is 2.58 bits per heavy atom. The van der Waals surface area contributed by atoms with E-state index >= 15 is 0 Å². The fourth-order valence-electron chi connectivity index (χ4n) is 2.25. The summed E-state index contributed by atoms with van der Waals surface area (Å²) in [5, 5.41) is 12.7. The van der Waals surface area contributed by atoms with Crippen molar-refractivity contribution in [2.75, 3.05) is 0 Å². The van der Waals surface area contributed by atoms with Crippen LogP contribution in [-0.4, -0.2) is 21.8 Å². The second-order valence-electron chi connectivity index (χ2n) is 6.70. The molecular weight excluding hydrogens is 339 g/mol. The lowest BCUT2D eigenvalue weighted by Crippen LogP contribution is -2.33. The quantitative estimate of drug-likeness (QED) is 0.369. The lowest BCUT2D eigenvalue weighted by molar-refractivity contribution is 0.0522. The van der Waals surface area contributed by atoms with Crippen molar-refractivity contribution >= 4 is 6.09 Å². The van der Waals surface area contributed by atoms with Crippen LogP contribution in [0.15, 0.2) is 36.5 Å². The minimum Gasteiger partial charge on any atom is -0.444 e. The molecule has 1 heterocycles. The Morgan fingerprint density at radius 2 is 2.00 bits per heavy atom. The minimum absolute atomic E-state index is 0.0969. The van der Waals surface area contributed by atoms with E-state index in [1.165, 1.54) is 18.3 Å². The number of pyridine rings is 1. The van der Waals surface area contributed by atoms with Gasteiger partial charge in [-0.25, -0.2) is 14.6 Å². The van der Waals surface area contributed by atoms with E-state index in [-0.39, 0.29) is 12.4 Å². The maximum absolute atomic E-state index is 13.1. The lowest BCUT2D eigenvalue weighted by atomic mass is 10.0. The molecule has 0 saturated carbocycles. The zero-order chi connectivity index (χ0) is 19.3. The van der Waals surface area contributed by atoms with Crippen LogP contribution < -0.4 is 16.6 Å². The molecule has 140 valence electrons. The van der Waals surface area contributed by atoms with Crippen LogP contribution in [0.5, 0.6) is 0 Å². The average molecular weight is 362 g/mol. The number of halogens is 1. The van der Waals surface area contributed by atoms with Gasteiger partial charge in [0.2, 0.25) is 0 Å². The number of hydrogen-bond donors (Lipinski definition) is 4. The van der Waals surface area contributed by atoms with E-state index in [0.717, 1.165) is 0 Å². The number of nitrogens with zero attached hydrogens (tertiary/aromatic N) is 1. The summed E-state index contributed by atoms with van der Waals surface area (Å²) in [6, 6.07) is 7.45. The molecule has 1 unspecified atom stereocenters. The molecule has 0 fully saturated rings. The molecule has 26 heavy (non-hydrogen) atoms. The molecule has 2 aromatic rings. The number of hydrogen-bond acceptors (Lipinski definition) is 6. The van der Waals surface area contributed by atoms with Gasteiger partial charge in [-0.05, 0) is 56.7 Å². The number of aliphatic hydroxyl groups excluding tert-OH is 1. The molecule has 0 aliphatic rings. The first-order valence-corrected chi connectivity index (χ1v) is 8.05. The van der Waals surface area contributed by atoms with Crippen molar-refractivity contribution in [2.24, 2.45) is 5.84 Å². The predicted octanol–water partition coefficient (Wildman–Crippen LogP) is 2.37. The van der Waals surface area contributed by atoms with E-state index in [4.69, 9.17) is 10.6 Å². The van der Waals surface area contributed by atoms with Gasteiger partial charge in [0.25, 0.3) is 0 Å². The van der Waals surface area contributed by atoms with Gasteiger partial charge in [0.05, 0.1) is 5.69 Å². The third kappa shape index (κ3) is 5.48. The number of rotatable bonds is 5. The summed E-state index contributed by atoms with van der Waals surface area (Å²) in [4.78, 5) is 16.1. The molecule has 1 aromatic carbocycles. The summed E-state index contributed by atoms with van der Waals surface area (Å²) < 4.78 is 18.3. The number of aliphatic hydroxyl groups is 1. The molecule has 0 saturated heterocycles. The topological polar surface area (TPSA) is 110 Å². The molecule has 0 aliphatic carbocycles. The maximum Gasteiger partial charge on any atom is 0.407 e. The Hall–Kier alpha value is -2.55. The highest BCUT2D eigenvalue weighted by Gasteiger charge is 2.18. The van der Waals surface area contributed by atoms with Crippen molar-refractivity contribution < 1.29 is 19.0 Å². The first-order chi connectivity index (χ1) is 12.2. The highest BCUT2D eigenvalue weighted by atomic mass is 19.1. The van der Waals surface area contributed by atoms with Gasteiger partial charge in [-0.1, -0.05) is 0 Å². The van der Waals surface area contributed by atoms with Crippen LogP contribution in [-0.2, 0) is 11.3 Å². The number of carbonyl (C=O) groups is 1. The SMILES string of the molecule is CC(C)(C)OC(=O)NCc1cnc(-c2ccc(F)cc2)cc1C(O)NN. The van der Waals surface area contributed by atoms with E-state index in [9.17, 15) is 14.3 Å². The largest absolute Gasteiger partial charge is 0.444 e. The zero-order valence-corrected chi connectivity index (χ0v) is 14.9. The number of nitrogens with two attached hydrogens (primary N) is 1. The smallest absolute Gasteiger partial charge is 0.407 e. The van der Waals surface area contributed by atoms with E-state index in [1.807, 2.05) is 0 Å². The Labute approximate surface area is 151 Å². The summed E-state index contributed by atoms with van der Waals surface area (Å²) in [6.45, 7) is 5.39. The van der Waals surface area contributed by atoms with Crippen molar-refractivity contribution in [1.82, 2.24) is 15.7 Å². The van der Waals surface area contributed by atoms with Crippen molar-refractivity contribution in [2.45, 2.75) is 39.1 Å². The molecular formula is C18H23FN4O3. The summed E-state index contributed by atoms with van der Waals surface area (Å²) in [5.74, 6) is 4.99. The highest BCUT2D eigenvalue weighted by molar-refractivity contribution is 5.68. The number of aromatic nitrogens is 1. The van der Waals surface area contributed by atoms with Gasteiger partial charge in [-0.3, -0.25) is 10.8 Å². The number of alkyl carbamates (subject to hydrolysis) is 1. The van der Waals surface area contributed by atoms with Crippen LogP contribution in [0.1, 0.15) is 38.1 Å². The third-order valence-electron chi connectivity index (χ3n) is 3.44. The fraction of sp³-hybridized carbons (Fsp3) is 0.333. The number of nitrogens with one attached hydrogen (secondary N) is 2. The molecule has 0 spiro atoms. The Bertz CT molecular complexity index is 760. The molecule has 7 nitrogen and oxygen atoms in total. The van der Waals surface area contributed by atoms with Crippen LogP contribution in [0.3, 0.4) is 0 Å². The normalized spacial score (nSPS) is 12.5. The Morgan fingerprint density at radius 1 is 1.35 bits per heavy atom. The third-order valence-corrected chi connectivity index (χ3v) is 3.44. The van der Waals surface area contributed by atoms with E-state index in [2.05, 4.69) is 15.7 Å². The van der Waals surface area contributed by atoms with Crippen LogP contribution >= 0.6 is 0 Å². The standard InChI is InChI=1S/C18H23FN4O3/c1-18(2,3)26-17(25)22-10-12-9-21-15(8-14(12)16(24)23-20)11-4-6-13(19)7-5-11/h4-9,16,23-24H,10,20H2,1-3H3,(H,22,25). The molecule has 1 atom stereocenters. The number of hydrazine groups is 1. The second-order valence-corrected chi connectivity index (χ2v) is 6.70. The van der Waals surface area contributed by atoms with E-state index < -0.39 is 17.9 Å². The van der Waals surface area contributed by atoms with E-state index in [1.54, 1.807) is 39.0 Å². The number of amides is 1. The highest BCUT2D eigenvalue weighted by Crippen LogP contribution is 2.23. The summed E-state index contributed by atoms with van der Waals surface area (Å²) in [6.07, 6.45) is -0.222. The van der Waals surface area contributed by atoms with Crippen molar-refractivity contribution in [1.29, 1.82) is 0 Å². The average Bonchev–Trinajstić information content (AvgIpc) is 2.58. The van der Waals surface area contributed by atoms with Crippen LogP contribution in [0.25, 0.3) is 11.3 Å². The molecule has 0 radical (unpaired) electrons. The predicted molar refractivity (Wildman–Crippen MR) is 95.0 cm³/mol. The number of benzene rings is 1. The van der Waals surface area contributed by atoms with Crippen molar-refractivity contribution in [3.05, 3.63) is 53.5 Å². The summed E-state index contributed by atoms with van der Waals surface area (Å²) in [5.41, 5.74) is 3.87. The van der Waals surface area contributed by atoms with Crippen molar-refractivity contribution in [3.8, 4) is 11.3 Å². The van der Waals surface area contributed by atoms with Crippen LogP contribution in [0, 0.1) is 5.82 Å². The summed E-state index contributed by atoms with van der Waals surface area (Å²) >= 11 is 0. The van der Waals surface area contributed by atoms with Crippen molar-refractivity contribution in [3.63, 3.8) is 0 Å². The minimum atomic E-state index is -1.16. The molecule has 0 bridgehead atoms. The first kappa shape index (κ1) is 19.8. The number of ether oxygens (including phenoxy) is 1. The molecule has 0 aliphatic heterocycles. The van der Waals surface area contributed by atoms with Gasteiger partial charge < -0.3 is 15.2 Å². The summed E-state index contributed by atoms with van der Waals surface area (Å²) in [7, 11) is 0. The molecule has 5 N–H and O–H groups in total. The van der Waals surface area contributed by atoms with E-state index in [0.29, 0.717) is 22.4 Å². The van der Waals surface area contributed by atoms with Gasteiger partial charge in [-0.2, -0.15) is 0 Å². The Kier molecular flexibility index (Phi) is 6.25. The molecule has 1 aromatic heterocycles. The second kappa shape index (κ2) is 8.22. The van der Waals surface area contributed by atoms with Crippen LogP contribution in [0.2, 0.25) is 0 Å². The lowest BCUT2D eigenvalue weighted by Gasteiger charge is -2.20. The Balaban J connectivity index is 2.23. The van der Waals surface area contributed by atoms with Gasteiger partial charge in [0.15, 0.2) is 0 Å².